The molecule has 0 aromatic carbocycles. The molecule has 0 fully saturated rings. The Balaban J connectivity index is 4.28. The fraction of sp³-hybridized carbons (Fsp3) is 0.833. The van der Waals surface area contributed by atoms with E-state index < -0.39 is 25.1 Å². The molecule has 0 bridgehead atoms. The molecule has 7 heteroatoms. The smallest absolute Gasteiger partial charge is 0.408 e. The molecule has 6 nitrogen and oxygen atoms in total. The molecule has 0 aliphatic rings. The molecule has 0 heterocycles. The number of alkyl carbamates (subject to hydrolysis) is 1. The van der Waals surface area contributed by atoms with Crippen molar-refractivity contribution in [2.45, 2.75) is 45.8 Å². The molecule has 1 amide bonds. The maximum Gasteiger partial charge on any atom is 0.408 e. The number of rotatable bonds is 6. The van der Waals surface area contributed by atoms with Gasteiger partial charge in [-0.2, -0.15) is 5.26 Å². The van der Waals surface area contributed by atoms with E-state index in [2.05, 4.69) is 5.32 Å². The minimum absolute atomic E-state index is 0.245. The second-order valence-electron chi connectivity index (χ2n) is 5.27. The third kappa shape index (κ3) is 9.52. The van der Waals surface area contributed by atoms with Crippen molar-refractivity contribution in [2.75, 3.05) is 19.4 Å². The lowest BCUT2D eigenvalue weighted by atomic mass is 10.2. The molecule has 110 valence electrons. The van der Waals surface area contributed by atoms with Crippen molar-refractivity contribution in [2.24, 2.45) is 0 Å². The number of nitriles is 1. The van der Waals surface area contributed by atoms with Crippen LogP contribution in [0.5, 0.6) is 0 Å². The number of hydrogen-bond acceptors (Lipinski definition) is 5. The Morgan fingerprint density at radius 2 is 2.05 bits per heavy atom. The summed E-state index contributed by atoms with van der Waals surface area (Å²) in [6.07, 6.45) is -0.139. The number of amides is 1. The minimum Gasteiger partial charge on any atom is -0.444 e. The van der Waals surface area contributed by atoms with Crippen LogP contribution < -0.4 is 5.32 Å². The Labute approximate surface area is 114 Å². The lowest BCUT2D eigenvalue weighted by Crippen LogP contribution is -2.38. The van der Waals surface area contributed by atoms with Gasteiger partial charge in [0.05, 0.1) is 12.7 Å². The van der Waals surface area contributed by atoms with E-state index in [-0.39, 0.29) is 12.6 Å². The summed E-state index contributed by atoms with van der Waals surface area (Å²) in [4.78, 5) is 11.5. The lowest BCUT2D eigenvalue weighted by molar-refractivity contribution is 0.0515. The van der Waals surface area contributed by atoms with Crippen molar-refractivity contribution >= 4 is 13.5 Å². The fourth-order valence-corrected chi connectivity index (χ4v) is 2.72. The van der Waals surface area contributed by atoms with Gasteiger partial charge in [-0.15, -0.1) is 0 Å². The zero-order chi connectivity index (χ0) is 15.1. The number of carbonyl (C=O) groups excluding carboxylic acids is 1. The topological polar surface area (TPSA) is 88.4 Å². The van der Waals surface area contributed by atoms with Crippen molar-refractivity contribution in [3.63, 3.8) is 0 Å². The van der Waals surface area contributed by atoms with E-state index in [4.69, 9.17) is 14.5 Å². The van der Waals surface area contributed by atoms with Gasteiger partial charge in [-0.3, -0.25) is 4.57 Å². The van der Waals surface area contributed by atoms with Crippen LogP contribution in [0.4, 0.5) is 4.79 Å². The van der Waals surface area contributed by atoms with Crippen LogP contribution in [0, 0.1) is 11.3 Å². The molecular weight excluding hydrogens is 267 g/mol. The number of carbonyl (C=O) groups is 1. The Morgan fingerprint density at radius 3 is 2.47 bits per heavy atom. The molecule has 2 atom stereocenters. The SMILES string of the molecule is CCOP(C)(=O)CCC(C#N)NC(=O)OC(C)(C)C. The van der Waals surface area contributed by atoms with Crippen LogP contribution in [0.15, 0.2) is 0 Å². The summed E-state index contributed by atoms with van der Waals surface area (Å²) in [5.74, 6) is 0. The van der Waals surface area contributed by atoms with E-state index in [1.165, 1.54) is 6.66 Å². The van der Waals surface area contributed by atoms with Gasteiger partial charge in [-0.1, -0.05) is 0 Å². The van der Waals surface area contributed by atoms with Crippen LogP contribution in [-0.2, 0) is 13.8 Å². The second-order valence-corrected chi connectivity index (χ2v) is 8.01. The lowest BCUT2D eigenvalue weighted by Gasteiger charge is -2.21. The van der Waals surface area contributed by atoms with E-state index in [0.29, 0.717) is 6.61 Å². The summed E-state index contributed by atoms with van der Waals surface area (Å²) < 4.78 is 22.0. The molecular formula is C12H23N2O4P. The molecule has 2 unspecified atom stereocenters. The minimum atomic E-state index is -2.69. The maximum atomic E-state index is 11.9. The number of ether oxygens (including phenoxy) is 1. The van der Waals surface area contributed by atoms with Crippen molar-refractivity contribution in [1.82, 2.24) is 5.32 Å². The van der Waals surface area contributed by atoms with Gasteiger partial charge >= 0.3 is 6.09 Å². The average molecular weight is 290 g/mol. The van der Waals surface area contributed by atoms with Crippen LogP contribution >= 0.6 is 7.37 Å². The summed E-state index contributed by atoms with van der Waals surface area (Å²) in [6, 6.07) is 1.21. The Bertz CT molecular complexity index is 384. The third-order valence-corrected chi connectivity index (χ3v) is 3.95. The molecule has 0 saturated heterocycles. The predicted octanol–water partition coefficient (Wildman–Crippen LogP) is 2.74. The largest absolute Gasteiger partial charge is 0.444 e. The van der Waals surface area contributed by atoms with Gasteiger partial charge in [0.1, 0.15) is 11.6 Å². The van der Waals surface area contributed by atoms with Gasteiger partial charge < -0.3 is 14.6 Å². The molecule has 0 radical (unpaired) electrons. The average Bonchev–Trinajstić information content (AvgIpc) is 2.21. The fourth-order valence-electron chi connectivity index (χ4n) is 1.32. The summed E-state index contributed by atoms with van der Waals surface area (Å²) in [6.45, 7) is 8.87. The van der Waals surface area contributed by atoms with E-state index >= 15 is 0 Å². The summed E-state index contributed by atoms with van der Waals surface area (Å²) in [5, 5.41) is 11.4. The molecule has 0 aromatic rings. The van der Waals surface area contributed by atoms with Crippen LogP contribution in [0.3, 0.4) is 0 Å². The van der Waals surface area contributed by atoms with E-state index in [1.54, 1.807) is 27.7 Å². The van der Waals surface area contributed by atoms with Crippen molar-refractivity contribution < 1.29 is 18.6 Å². The van der Waals surface area contributed by atoms with Gasteiger partial charge in [0.15, 0.2) is 7.37 Å². The van der Waals surface area contributed by atoms with Crippen molar-refractivity contribution in [3.8, 4) is 6.07 Å². The zero-order valence-corrected chi connectivity index (χ0v) is 13.1. The number of hydrogen-bond donors (Lipinski definition) is 1. The Morgan fingerprint density at radius 1 is 1.47 bits per heavy atom. The Kier molecular flexibility index (Phi) is 7.10. The van der Waals surface area contributed by atoms with Crippen molar-refractivity contribution in [3.05, 3.63) is 0 Å². The van der Waals surface area contributed by atoms with Gasteiger partial charge in [0.2, 0.25) is 0 Å². The van der Waals surface area contributed by atoms with Crippen LogP contribution in [0.25, 0.3) is 0 Å². The molecule has 1 N–H and O–H groups in total. The highest BCUT2D eigenvalue weighted by Gasteiger charge is 2.22. The molecule has 19 heavy (non-hydrogen) atoms. The molecule has 0 aliphatic heterocycles. The molecule has 0 aliphatic carbocycles. The zero-order valence-electron chi connectivity index (χ0n) is 12.2. The molecule has 0 aromatic heterocycles. The van der Waals surface area contributed by atoms with E-state index in [1.807, 2.05) is 6.07 Å². The highest BCUT2D eigenvalue weighted by molar-refractivity contribution is 7.58. The van der Waals surface area contributed by atoms with Crippen molar-refractivity contribution in [1.29, 1.82) is 5.26 Å². The molecule has 0 spiro atoms. The Hall–Kier alpha value is -1.05. The standard InChI is InChI=1S/C12H23N2O4P/c1-6-17-19(5,16)8-7-10(9-13)14-11(15)18-12(2,3)4/h10H,6-8H2,1-5H3,(H,14,15). The first-order chi connectivity index (χ1) is 8.59. The van der Waals surface area contributed by atoms with Crippen LogP contribution in [0.1, 0.15) is 34.1 Å². The summed E-state index contributed by atoms with van der Waals surface area (Å²) in [5.41, 5.74) is -0.616. The normalized spacial score (nSPS) is 16.0. The van der Waals surface area contributed by atoms with Gasteiger partial charge in [0, 0.05) is 12.8 Å². The quantitative estimate of drug-likeness (QED) is 0.760. The number of nitrogens with one attached hydrogen (secondary N) is 1. The van der Waals surface area contributed by atoms with Gasteiger partial charge in [-0.25, -0.2) is 4.79 Å². The third-order valence-electron chi connectivity index (χ3n) is 2.07. The monoisotopic (exact) mass is 290 g/mol. The second kappa shape index (κ2) is 7.52. The predicted molar refractivity (Wildman–Crippen MR) is 73.4 cm³/mol. The molecule has 0 rings (SSSR count). The molecule has 0 saturated carbocycles. The highest BCUT2D eigenvalue weighted by Crippen LogP contribution is 2.42. The first kappa shape index (κ1) is 17.9. The number of nitrogens with zero attached hydrogens (tertiary/aromatic N) is 1. The first-order valence-corrected chi connectivity index (χ1v) is 8.45. The van der Waals surface area contributed by atoms with E-state index in [9.17, 15) is 9.36 Å². The van der Waals surface area contributed by atoms with Gasteiger partial charge in [0.25, 0.3) is 0 Å². The summed E-state index contributed by atoms with van der Waals surface area (Å²) >= 11 is 0. The van der Waals surface area contributed by atoms with Gasteiger partial charge in [-0.05, 0) is 34.1 Å². The maximum absolute atomic E-state index is 11.9. The highest BCUT2D eigenvalue weighted by atomic mass is 31.2. The van der Waals surface area contributed by atoms with Crippen LogP contribution in [0.2, 0.25) is 0 Å². The summed E-state index contributed by atoms with van der Waals surface area (Å²) in [7, 11) is -2.69. The van der Waals surface area contributed by atoms with Crippen LogP contribution in [-0.4, -0.2) is 37.2 Å². The first-order valence-electron chi connectivity index (χ1n) is 6.20. The van der Waals surface area contributed by atoms with E-state index in [0.717, 1.165) is 0 Å².